The molecule has 5 heteroatoms. The molecule has 0 spiro atoms. The van der Waals surface area contributed by atoms with Crippen LogP contribution in [0.25, 0.3) is 0 Å². The number of amides is 1. The summed E-state index contributed by atoms with van der Waals surface area (Å²) < 4.78 is 27.0. The summed E-state index contributed by atoms with van der Waals surface area (Å²) in [5.74, 6) is -1.98. The molecule has 98 valence electrons. The Morgan fingerprint density at radius 2 is 2.06 bits per heavy atom. The number of hydrogen-bond donors (Lipinski definition) is 1. The molecule has 2 N–H and O–H groups in total. The van der Waals surface area contributed by atoms with Gasteiger partial charge in [-0.15, -0.1) is 0 Å². The maximum Gasteiger partial charge on any atom is 0.259 e. The zero-order valence-electron chi connectivity index (χ0n) is 10.0. The van der Waals surface area contributed by atoms with Crippen molar-refractivity contribution >= 4 is 5.91 Å². The van der Waals surface area contributed by atoms with E-state index in [1.54, 1.807) is 0 Å². The number of piperidine rings is 1. The van der Waals surface area contributed by atoms with Crippen molar-refractivity contribution in [3.63, 3.8) is 0 Å². The van der Waals surface area contributed by atoms with Crippen molar-refractivity contribution in [1.82, 2.24) is 4.90 Å². The summed E-state index contributed by atoms with van der Waals surface area (Å²) in [6, 6.07) is 3.45. The molecular weight excluding hydrogens is 238 g/mol. The highest BCUT2D eigenvalue weighted by Gasteiger charge is 2.27. The van der Waals surface area contributed by atoms with E-state index in [1.807, 2.05) is 0 Å². The number of carbonyl (C=O) groups is 1. The van der Waals surface area contributed by atoms with E-state index in [1.165, 1.54) is 11.0 Å². The molecule has 1 unspecified atom stereocenters. The number of halogens is 2. The van der Waals surface area contributed by atoms with Gasteiger partial charge < -0.3 is 10.6 Å². The van der Waals surface area contributed by atoms with Gasteiger partial charge in [0.2, 0.25) is 0 Å². The Labute approximate surface area is 105 Å². The van der Waals surface area contributed by atoms with Gasteiger partial charge in [-0.1, -0.05) is 6.07 Å². The van der Waals surface area contributed by atoms with Gasteiger partial charge in [0, 0.05) is 13.1 Å². The van der Waals surface area contributed by atoms with Gasteiger partial charge >= 0.3 is 0 Å². The van der Waals surface area contributed by atoms with Crippen molar-refractivity contribution in [3.8, 4) is 0 Å². The molecule has 0 saturated carbocycles. The highest BCUT2D eigenvalue weighted by atomic mass is 19.1. The molecule has 0 aromatic heterocycles. The van der Waals surface area contributed by atoms with E-state index in [0.29, 0.717) is 19.6 Å². The highest BCUT2D eigenvalue weighted by Crippen LogP contribution is 2.20. The second-order valence-corrected chi connectivity index (χ2v) is 4.59. The summed E-state index contributed by atoms with van der Waals surface area (Å²) in [7, 11) is 0. The summed E-state index contributed by atoms with van der Waals surface area (Å²) in [6.07, 6.45) is 1.78. The van der Waals surface area contributed by atoms with Crippen LogP contribution in [-0.4, -0.2) is 30.4 Å². The average Bonchev–Trinajstić information content (AvgIpc) is 2.38. The number of rotatable bonds is 2. The fourth-order valence-electron chi connectivity index (χ4n) is 2.30. The first-order valence-corrected chi connectivity index (χ1v) is 6.07. The van der Waals surface area contributed by atoms with E-state index in [-0.39, 0.29) is 5.92 Å². The first-order chi connectivity index (χ1) is 8.63. The molecule has 1 aliphatic rings. The van der Waals surface area contributed by atoms with Crippen molar-refractivity contribution in [1.29, 1.82) is 0 Å². The zero-order valence-corrected chi connectivity index (χ0v) is 10.0. The molecule has 2 rings (SSSR count). The van der Waals surface area contributed by atoms with Crippen molar-refractivity contribution in [3.05, 3.63) is 35.4 Å². The lowest BCUT2D eigenvalue weighted by Gasteiger charge is -2.32. The normalized spacial score (nSPS) is 19.9. The summed E-state index contributed by atoms with van der Waals surface area (Å²) in [5, 5.41) is 0. The van der Waals surface area contributed by atoms with Gasteiger partial charge in [-0.2, -0.15) is 0 Å². The largest absolute Gasteiger partial charge is 0.338 e. The van der Waals surface area contributed by atoms with E-state index >= 15 is 0 Å². The Morgan fingerprint density at radius 3 is 2.67 bits per heavy atom. The predicted molar refractivity (Wildman–Crippen MR) is 64.0 cm³/mol. The maximum absolute atomic E-state index is 13.5. The zero-order chi connectivity index (χ0) is 13.1. The van der Waals surface area contributed by atoms with E-state index in [9.17, 15) is 13.6 Å². The first kappa shape index (κ1) is 13.0. The van der Waals surface area contributed by atoms with Crippen molar-refractivity contribution in [2.24, 2.45) is 11.7 Å². The van der Waals surface area contributed by atoms with Gasteiger partial charge in [0.15, 0.2) is 0 Å². The number of benzene rings is 1. The molecular formula is C13H16F2N2O. The molecule has 1 fully saturated rings. The summed E-state index contributed by atoms with van der Waals surface area (Å²) >= 11 is 0. The first-order valence-electron chi connectivity index (χ1n) is 6.07. The van der Waals surface area contributed by atoms with Gasteiger partial charge in [0.05, 0.1) is 0 Å². The maximum atomic E-state index is 13.5. The van der Waals surface area contributed by atoms with E-state index < -0.39 is 23.1 Å². The van der Waals surface area contributed by atoms with Gasteiger partial charge in [0.25, 0.3) is 5.91 Å². The van der Waals surface area contributed by atoms with E-state index in [0.717, 1.165) is 25.0 Å². The van der Waals surface area contributed by atoms with Crippen LogP contribution in [0.5, 0.6) is 0 Å². The minimum atomic E-state index is -0.810. The van der Waals surface area contributed by atoms with Crippen LogP contribution in [0.1, 0.15) is 23.2 Å². The molecule has 1 amide bonds. The Morgan fingerprint density at radius 1 is 1.39 bits per heavy atom. The van der Waals surface area contributed by atoms with Crippen LogP contribution in [-0.2, 0) is 0 Å². The SMILES string of the molecule is NCC1CCCN(C(=O)c2c(F)cccc2F)C1. The quantitative estimate of drug-likeness (QED) is 0.874. The molecule has 1 atom stereocenters. The van der Waals surface area contributed by atoms with Gasteiger partial charge in [-0.25, -0.2) is 8.78 Å². The minimum Gasteiger partial charge on any atom is -0.338 e. The molecule has 0 radical (unpaired) electrons. The second kappa shape index (κ2) is 5.44. The Bertz CT molecular complexity index is 430. The lowest BCUT2D eigenvalue weighted by Crippen LogP contribution is -2.42. The lowest BCUT2D eigenvalue weighted by molar-refractivity contribution is 0.0668. The summed E-state index contributed by atoms with van der Waals surface area (Å²) in [6.45, 7) is 1.50. The summed E-state index contributed by atoms with van der Waals surface area (Å²) in [4.78, 5) is 13.6. The molecule has 0 aliphatic carbocycles. The highest BCUT2D eigenvalue weighted by molar-refractivity contribution is 5.94. The van der Waals surface area contributed by atoms with Crippen LogP contribution in [0, 0.1) is 17.6 Å². The smallest absolute Gasteiger partial charge is 0.259 e. The summed E-state index contributed by atoms with van der Waals surface area (Å²) in [5.41, 5.74) is 5.12. The Balaban J connectivity index is 2.20. The Hall–Kier alpha value is -1.49. The fraction of sp³-hybridized carbons (Fsp3) is 0.462. The molecule has 3 nitrogen and oxygen atoms in total. The number of nitrogens with two attached hydrogens (primary N) is 1. The third-order valence-electron chi connectivity index (χ3n) is 3.32. The molecule has 1 aromatic rings. The van der Waals surface area contributed by atoms with Crippen LogP contribution >= 0.6 is 0 Å². The predicted octanol–water partition coefficient (Wildman–Crippen LogP) is 1.78. The van der Waals surface area contributed by atoms with Gasteiger partial charge in [-0.3, -0.25) is 4.79 Å². The molecule has 1 aliphatic heterocycles. The van der Waals surface area contributed by atoms with Gasteiger partial charge in [-0.05, 0) is 37.4 Å². The lowest BCUT2D eigenvalue weighted by atomic mass is 9.97. The molecule has 1 saturated heterocycles. The molecule has 18 heavy (non-hydrogen) atoms. The topological polar surface area (TPSA) is 46.3 Å². The number of carbonyl (C=O) groups excluding carboxylic acids is 1. The van der Waals surface area contributed by atoms with Crippen LogP contribution < -0.4 is 5.73 Å². The molecule has 1 aromatic carbocycles. The van der Waals surface area contributed by atoms with Crippen LogP contribution in [0.15, 0.2) is 18.2 Å². The molecule has 1 heterocycles. The van der Waals surface area contributed by atoms with E-state index in [2.05, 4.69) is 0 Å². The third kappa shape index (κ3) is 2.51. The standard InChI is InChI=1S/C13H16F2N2O/c14-10-4-1-5-11(15)12(10)13(18)17-6-2-3-9(7-16)8-17/h1,4-5,9H,2-3,6-8,16H2. The second-order valence-electron chi connectivity index (χ2n) is 4.59. The number of hydrogen-bond acceptors (Lipinski definition) is 2. The van der Waals surface area contributed by atoms with Crippen LogP contribution in [0.4, 0.5) is 8.78 Å². The van der Waals surface area contributed by atoms with Crippen LogP contribution in [0.3, 0.4) is 0 Å². The number of likely N-dealkylation sites (tertiary alicyclic amines) is 1. The minimum absolute atomic E-state index is 0.220. The average molecular weight is 254 g/mol. The monoisotopic (exact) mass is 254 g/mol. The van der Waals surface area contributed by atoms with Crippen LogP contribution in [0.2, 0.25) is 0 Å². The molecule has 0 bridgehead atoms. The fourth-order valence-corrected chi connectivity index (χ4v) is 2.30. The third-order valence-corrected chi connectivity index (χ3v) is 3.32. The van der Waals surface area contributed by atoms with Crippen molar-refractivity contribution in [2.45, 2.75) is 12.8 Å². The van der Waals surface area contributed by atoms with E-state index in [4.69, 9.17) is 5.73 Å². The Kier molecular flexibility index (Phi) is 3.91. The van der Waals surface area contributed by atoms with Crippen molar-refractivity contribution < 1.29 is 13.6 Å². The van der Waals surface area contributed by atoms with Crippen molar-refractivity contribution in [2.75, 3.05) is 19.6 Å². The van der Waals surface area contributed by atoms with Gasteiger partial charge in [0.1, 0.15) is 17.2 Å². The number of nitrogens with zero attached hydrogens (tertiary/aromatic N) is 1.